The smallest absolute Gasteiger partial charge is 0.181 e. The van der Waals surface area contributed by atoms with Crippen LogP contribution in [0.25, 0.3) is 0 Å². The first-order valence-electron chi connectivity index (χ1n) is 4.20. The number of alkyl halides is 1. The molecule has 0 aliphatic carbocycles. The molecule has 0 radical (unpaired) electrons. The van der Waals surface area contributed by atoms with Crippen molar-refractivity contribution in [1.29, 1.82) is 0 Å². The molecule has 2 nitrogen and oxygen atoms in total. The third-order valence-electron chi connectivity index (χ3n) is 1.66. The summed E-state index contributed by atoms with van der Waals surface area (Å²) in [6.45, 7) is 2.40. The number of hydrogen-bond acceptors (Lipinski definition) is 2. The molecule has 76 valence electrons. The normalized spacial score (nSPS) is 9.93. The Morgan fingerprint density at radius 2 is 2.29 bits per heavy atom. The SMILES string of the molecule is CCOc1ccc(Br)cc1C(=O)CCl. The van der Waals surface area contributed by atoms with Gasteiger partial charge in [-0.05, 0) is 25.1 Å². The van der Waals surface area contributed by atoms with Crippen molar-refractivity contribution >= 4 is 33.3 Å². The molecule has 1 aromatic rings. The zero-order valence-corrected chi connectivity index (χ0v) is 10.1. The van der Waals surface area contributed by atoms with E-state index in [4.69, 9.17) is 16.3 Å². The van der Waals surface area contributed by atoms with E-state index >= 15 is 0 Å². The lowest BCUT2D eigenvalue weighted by Gasteiger charge is -2.08. The highest BCUT2D eigenvalue weighted by Gasteiger charge is 2.11. The summed E-state index contributed by atoms with van der Waals surface area (Å²) in [6.07, 6.45) is 0. The summed E-state index contributed by atoms with van der Waals surface area (Å²) in [5.41, 5.74) is 0.524. The molecule has 0 fully saturated rings. The number of benzene rings is 1. The molecule has 0 unspecified atom stereocenters. The van der Waals surface area contributed by atoms with Crippen LogP contribution < -0.4 is 4.74 Å². The van der Waals surface area contributed by atoms with Crippen molar-refractivity contribution < 1.29 is 9.53 Å². The monoisotopic (exact) mass is 276 g/mol. The van der Waals surface area contributed by atoms with Crippen molar-refractivity contribution in [3.8, 4) is 5.75 Å². The summed E-state index contributed by atoms with van der Waals surface area (Å²) in [6, 6.07) is 5.30. The summed E-state index contributed by atoms with van der Waals surface area (Å²) >= 11 is 8.78. The van der Waals surface area contributed by atoms with E-state index in [2.05, 4.69) is 15.9 Å². The van der Waals surface area contributed by atoms with Crippen LogP contribution >= 0.6 is 27.5 Å². The van der Waals surface area contributed by atoms with E-state index in [-0.39, 0.29) is 11.7 Å². The van der Waals surface area contributed by atoms with Crippen LogP contribution in [-0.2, 0) is 0 Å². The molecule has 0 aliphatic rings. The Labute approximate surface area is 96.3 Å². The van der Waals surface area contributed by atoms with Gasteiger partial charge >= 0.3 is 0 Å². The summed E-state index contributed by atoms with van der Waals surface area (Å²) in [5.74, 6) is 0.425. The van der Waals surface area contributed by atoms with Gasteiger partial charge in [0, 0.05) is 4.47 Å². The van der Waals surface area contributed by atoms with Gasteiger partial charge in [0.05, 0.1) is 18.1 Å². The molecule has 0 amide bonds. The zero-order valence-electron chi connectivity index (χ0n) is 7.72. The minimum atomic E-state index is -0.128. The maximum absolute atomic E-state index is 11.4. The molecule has 0 spiro atoms. The summed E-state index contributed by atoms with van der Waals surface area (Å²) < 4.78 is 6.16. The topological polar surface area (TPSA) is 26.3 Å². The first-order chi connectivity index (χ1) is 6.69. The van der Waals surface area contributed by atoms with Crippen molar-refractivity contribution in [1.82, 2.24) is 0 Å². The molecule has 1 aromatic carbocycles. The second-order valence-electron chi connectivity index (χ2n) is 2.63. The van der Waals surface area contributed by atoms with Crippen LogP contribution in [0.3, 0.4) is 0 Å². The van der Waals surface area contributed by atoms with Gasteiger partial charge in [0.1, 0.15) is 5.75 Å². The summed E-state index contributed by atoms with van der Waals surface area (Å²) in [5, 5.41) is 0. The highest BCUT2D eigenvalue weighted by Crippen LogP contribution is 2.24. The molecule has 0 aliphatic heterocycles. The highest BCUT2D eigenvalue weighted by molar-refractivity contribution is 9.10. The molecule has 0 atom stereocenters. The van der Waals surface area contributed by atoms with E-state index < -0.39 is 0 Å². The second-order valence-corrected chi connectivity index (χ2v) is 3.81. The van der Waals surface area contributed by atoms with Crippen LogP contribution in [0, 0.1) is 0 Å². The number of rotatable bonds is 4. The fraction of sp³-hybridized carbons (Fsp3) is 0.300. The standard InChI is InChI=1S/C10H10BrClO2/c1-2-14-10-4-3-7(11)5-8(10)9(13)6-12/h3-5H,2,6H2,1H3. The van der Waals surface area contributed by atoms with Gasteiger partial charge in [-0.15, -0.1) is 11.6 Å². The average molecular weight is 278 g/mol. The molecule has 0 aromatic heterocycles. The lowest BCUT2D eigenvalue weighted by atomic mass is 10.1. The maximum atomic E-state index is 11.4. The Kier molecular flexibility index (Phi) is 4.42. The van der Waals surface area contributed by atoms with E-state index in [1.165, 1.54) is 0 Å². The van der Waals surface area contributed by atoms with Crippen molar-refractivity contribution in [3.05, 3.63) is 28.2 Å². The minimum Gasteiger partial charge on any atom is -0.493 e. The molecule has 0 bridgehead atoms. The number of halogens is 2. The van der Waals surface area contributed by atoms with Gasteiger partial charge in [-0.25, -0.2) is 0 Å². The van der Waals surface area contributed by atoms with Gasteiger partial charge in [-0.1, -0.05) is 15.9 Å². The van der Waals surface area contributed by atoms with Gasteiger partial charge in [0.2, 0.25) is 0 Å². The number of ether oxygens (including phenoxy) is 1. The van der Waals surface area contributed by atoms with Crippen molar-refractivity contribution in [2.45, 2.75) is 6.92 Å². The van der Waals surface area contributed by atoms with Crippen molar-refractivity contribution in [2.24, 2.45) is 0 Å². The Morgan fingerprint density at radius 1 is 1.57 bits per heavy atom. The zero-order chi connectivity index (χ0) is 10.6. The molecule has 4 heteroatoms. The molecule has 1 rings (SSSR count). The first kappa shape index (κ1) is 11.5. The van der Waals surface area contributed by atoms with Crippen LogP contribution in [0.1, 0.15) is 17.3 Å². The van der Waals surface area contributed by atoms with Crippen molar-refractivity contribution in [3.63, 3.8) is 0 Å². The molecule has 14 heavy (non-hydrogen) atoms. The summed E-state index contributed by atoms with van der Waals surface area (Å²) in [7, 11) is 0. The number of carbonyl (C=O) groups is 1. The Morgan fingerprint density at radius 3 is 2.86 bits per heavy atom. The van der Waals surface area contributed by atoms with Crippen LogP contribution in [0.2, 0.25) is 0 Å². The van der Waals surface area contributed by atoms with Gasteiger partial charge < -0.3 is 4.74 Å². The number of carbonyl (C=O) groups excluding carboxylic acids is 1. The fourth-order valence-corrected chi connectivity index (χ4v) is 1.58. The number of Topliss-reactive ketones (excluding diaryl/α,β-unsaturated/α-hetero) is 1. The summed E-state index contributed by atoms with van der Waals surface area (Å²) in [4.78, 5) is 11.4. The minimum absolute atomic E-state index is 0.0312. The maximum Gasteiger partial charge on any atom is 0.181 e. The molecule has 0 saturated heterocycles. The molecule has 0 heterocycles. The van der Waals surface area contributed by atoms with Crippen molar-refractivity contribution in [2.75, 3.05) is 12.5 Å². The fourth-order valence-electron chi connectivity index (χ4n) is 1.07. The Bertz CT molecular complexity index is 339. The largest absolute Gasteiger partial charge is 0.493 e. The quantitative estimate of drug-likeness (QED) is 0.624. The van der Waals surface area contributed by atoms with E-state index in [9.17, 15) is 4.79 Å². The van der Waals surface area contributed by atoms with Crippen LogP contribution in [0.15, 0.2) is 22.7 Å². The molecule has 0 N–H and O–H groups in total. The highest BCUT2D eigenvalue weighted by atomic mass is 79.9. The van der Waals surface area contributed by atoms with Gasteiger partial charge in [0.15, 0.2) is 5.78 Å². The van der Waals surface area contributed by atoms with E-state index in [0.29, 0.717) is 17.9 Å². The van der Waals surface area contributed by atoms with E-state index in [1.54, 1.807) is 12.1 Å². The van der Waals surface area contributed by atoms with Crippen LogP contribution in [0.4, 0.5) is 0 Å². The lowest BCUT2D eigenvalue weighted by Crippen LogP contribution is -2.04. The Hall–Kier alpha value is -0.540. The van der Waals surface area contributed by atoms with Gasteiger partial charge in [-0.2, -0.15) is 0 Å². The lowest BCUT2D eigenvalue weighted by molar-refractivity contribution is 0.101. The third kappa shape index (κ3) is 2.72. The Balaban J connectivity index is 3.08. The number of hydrogen-bond donors (Lipinski definition) is 0. The number of ketones is 1. The van der Waals surface area contributed by atoms with Crippen LogP contribution in [-0.4, -0.2) is 18.3 Å². The third-order valence-corrected chi connectivity index (χ3v) is 2.40. The first-order valence-corrected chi connectivity index (χ1v) is 5.53. The average Bonchev–Trinajstić information content (AvgIpc) is 2.20. The van der Waals surface area contributed by atoms with Crippen LogP contribution in [0.5, 0.6) is 5.75 Å². The predicted molar refractivity (Wildman–Crippen MR) is 60.4 cm³/mol. The second kappa shape index (κ2) is 5.37. The molecule has 0 saturated carbocycles. The van der Waals surface area contributed by atoms with E-state index in [0.717, 1.165) is 4.47 Å². The van der Waals surface area contributed by atoms with E-state index in [1.807, 2.05) is 13.0 Å². The predicted octanol–water partition coefficient (Wildman–Crippen LogP) is 3.27. The molecular weight excluding hydrogens is 267 g/mol. The van der Waals surface area contributed by atoms with Gasteiger partial charge in [-0.3, -0.25) is 4.79 Å². The molecular formula is C10H10BrClO2. The van der Waals surface area contributed by atoms with Gasteiger partial charge in [0.25, 0.3) is 0 Å².